The molecule has 0 aromatic heterocycles. The molecule has 1 aliphatic rings. The molecule has 1 N–H and O–H groups in total. The smallest absolute Gasteiger partial charge is 0.324 e. The van der Waals surface area contributed by atoms with E-state index in [-0.39, 0.29) is 0 Å². The molecule has 0 aliphatic carbocycles. The summed E-state index contributed by atoms with van der Waals surface area (Å²) in [6.07, 6.45) is -4.72. The van der Waals surface area contributed by atoms with E-state index in [1.54, 1.807) is 0 Å². The van der Waals surface area contributed by atoms with Gasteiger partial charge in [-0.1, -0.05) is 6.07 Å². The lowest BCUT2D eigenvalue weighted by atomic mass is 10.1. The summed E-state index contributed by atoms with van der Waals surface area (Å²) < 4.78 is 60.9. The number of fused-ring (bicyclic) bond motifs is 1. The highest BCUT2D eigenvalue weighted by atomic mass is 32.2. The summed E-state index contributed by atoms with van der Waals surface area (Å²) in [6, 6.07) is 2.76. The highest BCUT2D eigenvalue weighted by molar-refractivity contribution is 7.92. The van der Waals surface area contributed by atoms with Gasteiger partial charge in [0.15, 0.2) is 9.84 Å². The van der Waals surface area contributed by atoms with Gasteiger partial charge in [-0.15, -0.1) is 0 Å². The van der Waals surface area contributed by atoms with Gasteiger partial charge in [-0.25, -0.2) is 8.42 Å². The van der Waals surface area contributed by atoms with Crippen LogP contribution in [0.1, 0.15) is 5.56 Å². The van der Waals surface area contributed by atoms with E-state index in [1.165, 1.54) is 0 Å². The number of sulfone groups is 1. The molecule has 0 saturated heterocycles. The lowest BCUT2D eigenvalue weighted by Gasteiger charge is -2.21. The number of hydrogen-bond donors (Lipinski definition) is 1. The van der Waals surface area contributed by atoms with E-state index in [9.17, 15) is 26.4 Å². The molecule has 0 bridgehead atoms. The Morgan fingerprint density at radius 3 is 2.47 bits per heavy atom. The quantitative estimate of drug-likeness (QED) is 0.771. The van der Waals surface area contributed by atoms with Gasteiger partial charge < -0.3 is 5.32 Å². The number of nitrogens with one attached hydrogen (secondary N) is 1. The Morgan fingerprint density at radius 2 is 1.88 bits per heavy atom. The molecule has 1 heterocycles. The predicted molar refractivity (Wildman–Crippen MR) is 52.1 cm³/mol. The number of carbonyl (C=O) groups excluding carboxylic acids is 1. The molecule has 1 amide bonds. The van der Waals surface area contributed by atoms with Crippen LogP contribution in [-0.4, -0.2) is 20.1 Å². The van der Waals surface area contributed by atoms with Crippen molar-refractivity contribution in [3.05, 3.63) is 23.8 Å². The number of anilines is 1. The Kier molecular flexibility index (Phi) is 2.42. The van der Waals surface area contributed by atoms with Gasteiger partial charge in [-0.2, -0.15) is 13.2 Å². The second-order valence-electron chi connectivity index (χ2n) is 3.48. The number of amides is 1. The third-order valence-corrected chi connectivity index (χ3v) is 3.90. The molecule has 4 nitrogen and oxygen atoms in total. The second-order valence-corrected chi connectivity index (χ2v) is 5.44. The van der Waals surface area contributed by atoms with Gasteiger partial charge in [0.05, 0.1) is 16.1 Å². The van der Waals surface area contributed by atoms with Crippen molar-refractivity contribution in [3.63, 3.8) is 0 Å². The van der Waals surface area contributed by atoms with Gasteiger partial charge in [-0.05, 0) is 12.1 Å². The molecule has 1 aromatic rings. The Bertz CT molecular complexity index is 592. The molecule has 0 saturated carbocycles. The standard InChI is InChI=1S/C9H6F3NO3S/c10-9(11,12)5-2-1-3-6-8(5)13-7(14)4-17(6,15)16/h1-3H,4H2,(H,13,14). The van der Waals surface area contributed by atoms with E-state index in [1.807, 2.05) is 5.32 Å². The van der Waals surface area contributed by atoms with Gasteiger partial charge in [0.1, 0.15) is 5.75 Å². The van der Waals surface area contributed by atoms with Crippen molar-refractivity contribution in [3.8, 4) is 0 Å². The first-order valence-electron chi connectivity index (χ1n) is 4.44. The zero-order valence-corrected chi connectivity index (χ0v) is 9.02. The predicted octanol–water partition coefficient (Wildman–Crippen LogP) is 1.43. The minimum absolute atomic E-state index is 0.494. The molecule has 0 radical (unpaired) electrons. The molecule has 1 aliphatic heterocycles. The highest BCUT2D eigenvalue weighted by Gasteiger charge is 2.39. The van der Waals surface area contributed by atoms with Crippen LogP contribution in [0.5, 0.6) is 0 Å². The number of rotatable bonds is 0. The second kappa shape index (κ2) is 3.46. The number of carbonyl (C=O) groups is 1. The van der Waals surface area contributed by atoms with Crippen molar-refractivity contribution in [2.75, 3.05) is 11.1 Å². The molecule has 92 valence electrons. The lowest BCUT2D eigenvalue weighted by molar-refractivity contribution is -0.137. The minimum Gasteiger partial charge on any atom is -0.324 e. The average molecular weight is 265 g/mol. The summed E-state index contributed by atoms with van der Waals surface area (Å²) >= 11 is 0. The molecule has 17 heavy (non-hydrogen) atoms. The fourth-order valence-corrected chi connectivity index (χ4v) is 2.91. The summed E-state index contributed by atoms with van der Waals surface area (Å²) in [5.74, 6) is -1.80. The molecule has 8 heteroatoms. The van der Waals surface area contributed by atoms with E-state index in [2.05, 4.69) is 0 Å². The summed E-state index contributed by atoms with van der Waals surface area (Å²) in [5.41, 5.74) is -1.84. The Balaban J connectivity index is 2.75. The van der Waals surface area contributed by atoms with E-state index in [4.69, 9.17) is 0 Å². The molecule has 0 atom stereocenters. The van der Waals surface area contributed by atoms with Crippen LogP contribution >= 0.6 is 0 Å². The molecule has 0 unspecified atom stereocenters. The van der Waals surface area contributed by atoms with Crippen LogP contribution in [0.3, 0.4) is 0 Å². The summed E-state index contributed by atoms with van der Waals surface area (Å²) in [4.78, 5) is 10.6. The van der Waals surface area contributed by atoms with Crippen LogP contribution in [0.2, 0.25) is 0 Å². The minimum atomic E-state index is -4.72. The summed E-state index contributed by atoms with van der Waals surface area (Å²) in [5, 5.41) is 1.95. The maximum Gasteiger partial charge on any atom is 0.418 e. The molecular formula is C9H6F3NO3S. The molecule has 0 fully saturated rings. The fourth-order valence-electron chi connectivity index (χ4n) is 1.58. The number of para-hydroxylation sites is 1. The number of hydrogen-bond acceptors (Lipinski definition) is 3. The van der Waals surface area contributed by atoms with Crippen LogP contribution in [0.25, 0.3) is 0 Å². The van der Waals surface area contributed by atoms with Crippen LogP contribution in [-0.2, 0) is 20.8 Å². The number of benzene rings is 1. The number of alkyl halides is 3. The summed E-state index contributed by atoms with van der Waals surface area (Å²) in [6.45, 7) is 0. The van der Waals surface area contributed by atoms with Crippen molar-refractivity contribution in [2.45, 2.75) is 11.1 Å². The normalized spacial score (nSPS) is 18.4. The average Bonchev–Trinajstić information content (AvgIpc) is 2.13. The van der Waals surface area contributed by atoms with E-state index in [0.29, 0.717) is 0 Å². The van der Waals surface area contributed by atoms with Crippen molar-refractivity contribution in [1.29, 1.82) is 0 Å². The third kappa shape index (κ3) is 1.99. The SMILES string of the molecule is O=C1CS(=O)(=O)c2cccc(C(F)(F)F)c2N1. The lowest BCUT2D eigenvalue weighted by Crippen LogP contribution is -2.31. The Morgan fingerprint density at radius 1 is 1.24 bits per heavy atom. The van der Waals surface area contributed by atoms with Gasteiger partial charge in [0, 0.05) is 0 Å². The van der Waals surface area contributed by atoms with E-state index >= 15 is 0 Å². The maximum atomic E-state index is 12.6. The first-order chi connectivity index (χ1) is 7.72. The molecular weight excluding hydrogens is 259 g/mol. The van der Waals surface area contributed by atoms with Crippen molar-refractivity contribution >= 4 is 21.4 Å². The largest absolute Gasteiger partial charge is 0.418 e. The fraction of sp³-hybridized carbons (Fsp3) is 0.222. The zero-order valence-electron chi connectivity index (χ0n) is 8.21. The third-order valence-electron chi connectivity index (χ3n) is 2.25. The van der Waals surface area contributed by atoms with E-state index in [0.717, 1.165) is 18.2 Å². The van der Waals surface area contributed by atoms with Crippen LogP contribution in [0.4, 0.5) is 18.9 Å². The highest BCUT2D eigenvalue weighted by Crippen LogP contribution is 2.39. The van der Waals surface area contributed by atoms with Gasteiger partial charge in [0.2, 0.25) is 5.91 Å². The Hall–Kier alpha value is -1.57. The van der Waals surface area contributed by atoms with E-state index < -0.39 is 43.8 Å². The first-order valence-corrected chi connectivity index (χ1v) is 6.10. The topological polar surface area (TPSA) is 63.2 Å². The molecule has 0 spiro atoms. The van der Waals surface area contributed by atoms with Crippen LogP contribution < -0.4 is 5.32 Å². The zero-order chi connectivity index (χ0) is 12.8. The van der Waals surface area contributed by atoms with Crippen LogP contribution in [0.15, 0.2) is 23.1 Å². The van der Waals surface area contributed by atoms with Gasteiger partial charge in [0.25, 0.3) is 0 Å². The van der Waals surface area contributed by atoms with Crippen molar-refractivity contribution in [2.24, 2.45) is 0 Å². The maximum absolute atomic E-state index is 12.6. The molecule has 1 aromatic carbocycles. The first kappa shape index (κ1) is 11.9. The van der Waals surface area contributed by atoms with Crippen molar-refractivity contribution in [1.82, 2.24) is 0 Å². The van der Waals surface area contributed by atoms with Crippen LogP contribution in [0, 0.1) is 0 Å². The Labute approximate surface area is 94.4 Å². The monoisotopic (exact) mass is 265 g/mol. The van der Waals surface area contributed by atoms with Gasteiger partial charge >= 0.3 is 6.18 Å². The number of halogens is 3. The van der Waals surface area contributed by atoms with Gasteiger partial charge in [-0.3, -0.25) is 4.79 Å². The summed E-state index contributed by atoms with van der Waals surface area (Å²) in [7, 11) is -3.99. The molecule has 2 rings (SSSR count). The van der Waals surface area contributed by atoms with Crippen molar-refractivity contribution < 1.29 is 26.4 Å².